The minimum atomic E-state index is -0.216. The molecule has 0 bridgehead atoms. The van der Waals surface area contributed by atoms with Crippen LogP contribution in [0.4, 0.5) is 0 Å². The third-order valence-corrected chi connectivity index (χ3v) is 2.56. The van der Waals surface area contributed by atoms with Gasteiger partial charge in [0.25, 0.3) is 5.91 Å². The number of nitrogens with zero attached hydrogens (tertiary/aromatic N) is 1. The van der Waals surface area contributed by atoms with Crippen LogP contribution in [0.15, 0.2) is 48.7 Å². The van der Waals surface area contributed by atoms with E-state index in [0.29, 0.717) is 10.7 Å². The van der Waals surface area contributed by atoms with Gasteiger partial charge in [-0.1, -0.05) is 41.6 Å². The van der Waals surface area contributed by atoms with Crippen molar-refractivity contribution in [2.24, 2.45) is 0 Å². The maximum absolute atomic E-state index is 11.7. The summed E-state index contributed by atoms with van der Waals surface area (Å²) in [5, 5.41) is 3.05. The molecule has 1 aromatic heterocycles. The highest BCUT2D eigenvalue weighted by atomic mass is 35.5. The number of pyridine rings is 1. The molecule has 1 N–H and O–H groups in total. The van der Waals surface area contributed by atoms with Crippen molar-refractivity contribution in [3.8, 4) is 11.8 Å². The van der Waals surface area contributed by atoms with Gasteiger partial charge in [-0.25, -0.2) is 4.98 Å². The maximum Gasteiger partial charge on any atom is 0.253 e. The average molecular weight is 271 g/mol. The first-order valence-corrected chi connectivity index (χ1v) is 6.07. The Morgan fingerprint density at radius 3 is 2.68 bits per heavy atom. The highest BCUT2D eigenvalue weighted by Gasteiger charge is 2.03. The topological polar surface area (TPSA) is 42.0 Å². The van der Waals surface area contributed by atoms with E-state index in [4.69, 9.17) is 11.6 Å². The number of hydrogen-bond acceptors (Lipinski definition) is 2. The van der Waals surface area contributed by atoms with Crippen molar-refractivity contribution in [1.29, 1.82) is 0 Å². The fourth-order valence-electron chi connectivity index (χ4n) is 1.40. The van der Waals surface area contributed by atoms with Gasteiger partial charge in [-0.05, 0) is 24.3 Å². The van der Waals surface area contributed by atoms with Gasteiger partial charge in [-0.15, -0.1) is 0 Å². The summed E-state index contributed by atoms with van der Waals surface area (Å²) in [6, 6.07) is 12.8. The molecule has 0 aliphatic rings. The van der Waals surface area contributed by atoms with E-state index in [1.807, 2.05) is 30.3 Å². The molecule has 0 unspecified atom stereocenters. The van der Waals surface area contributed by atoms with Crippen LogP contribution in [0.25, 0.3) is 0 Å². The Bertz CT molecular complexity index is 612. The van der Waals surface area contributed by atoms with E-state index in [1.165, 1.54) is 6.20 Å². The number of aromatic nitrogens is 1. The first-order chi connectivity index (χ1) is 9.25. The van der Waals surface area contributed by atoms with Crippen molar-refractivity contribution in [3.05, 3.63) is 64.9 Å². The number of halogens is 1. The van der Waals surface area contributed by atoms with Crippen molar-refractivity contribution in [3.63, 3.8) is 0 Å². The van der Waals surface area contributed by atoms with Gasteiger partial charge in [0.15, 0.2) is 0 Å². The Balaban J connectivity index is 1.88. The standard InChI is InChI=1S/C15H11ClN2O/c16-14-9-8-13(11-18-14)15(19)17-10-4-7-12-5-2-1-3-6-12/h1-3,5-6,8-9,11H,10H2,(H,17,19). The van der Waals surface area contributed by atoms with Crippen molar-refractivity contribution >= 4 is 17.5 Å². The molecule has 3 nitrogen and oxygen atoms in total. The molecule has 0 aliphatic carbocycles. The summed E-state index contributed by atoms with van der Waals surface area (Å²) in [6.07, 6.45) is 1.43. The number of nitrogens with one attached hydrogen (secondary N) is 1. The fourth-order valence-corrected chi connectivity index (χ4v) is 1.52. The van der Waals surface area contributed by atoms with Crippen molar-refractivity contribution in [2.45, 2.75) is 0 Å². The van der Waals surface area contributed by atoms with E-state index in [1.54, 1.807) is 12.1 Å². The third kappa shape index (κ3) is 4.13. The molecular weight excluding hydrogens is 260 g/mol. The van der Waals surface area contributed by atoms with Crippen LogP contribution >= 0.6 is 11.6 Å². The van der Waals surface area contributed by atoms with Gasteiger partial charge in [0.1, 0.15) is 5.15 Å². The summed E-state index contributed by atoms with van der Waals surface area (Å²) in [5.41, 5.74) is 1.39. The maximum atomic E-state index is 11.7. The zero-order valence-corrected chi connectivity index (χ0v) is 10.8. The molecule has 0 saturated carbocycles. The van der Waals surface area contributed by atoms with Crippen LogP contribution < -0.4 is 5.32 Å². The summed E-state index contributed by atoms with van der Waals surface area (Å²) < 4.78 is 0. The quantitative estimate of drug-likeness (QED) is 0.673. The number of carbonyl (C=O) groups excluding carboxylic acids is 1. The lowest BCUT2D eigenvalue weighted by molar-refractivity contribution is 0.0958. The van der Waals surface area contributed by atoms with Crippen LogP contribution in [0.2, 0.25) is 5.15 Å². The first kappa shape index (κ1) is 13.1. The van der Waals surface area contributed by atoms with Gasteiger partial charge in [-0.3, -0.25) is 4.79 Å². The van der Waals surface area contributed by atoms with E-state index in [0.717, 1.165) is 5.56 Å². The summed E-state index contributed by atoms with van der Waals surface area (Å²) in [5.74, 6) is 5.63. The third-order valence-electron chi connectivity index (χ3n) is 2.33. The summed E-state index contributed by atoms with van der Waals surface area (Å²) in [7, 11) is 0. The molecule has 4 heteroatoms. The summed E-state index contributed by atoms with van der Waals surface area (Å²) in [4.78, 5) is 15.5. The fraction of sp³-hybridized carbons (Fsp3) is 0.0667. The first-order valence-electron chi connectivity index (χ1n) is 5.69. The molecule has 1 amide bonds. The number of benzene rings is 1. The van der Waals surface area contributed by atoms with Gasteiger partial charge in [0.2, 0.25) is 0 Å². The van der Waals surface area contributed by atoms with Crippen LogP contribution in [-0.4, -0.2) is 17.4 Å². The highest BCUT2D eigenvalue weighted by Crippen LogP contribution is 2.04. The Morgan fingerprint density at radius 2 is 2.00 bits per heavy atom. The molecule has 0 radical (unpaired) electrons. The lowest BCUT2D eigenvalue weighted by Gasteiger charge is -2.00. The van der Waals surface area contributed by atoms with Crippen LogP contribution in [-0.2, 0) is 0 Å². The molecule has 1 heterocycles. The Kier molecular flexibility index (Phi) is 4.54. The molecule has 0 fully saturated rings. The molecule has 2 aromatic rings. The summed E-state index contributed by atoms with van der Waals surface area (Å²) in [6.45, 7) is 0.288. The van der Waals surface area contributed by atoms with Gasteiger partial charge in [0, 0.05) is 11.8 Å². The Morgan fingerprint density at radius 1 is 1.21 bits per heavy atom. The zero-order valence-electron chi connectivity index (χ0n) is 10.1. The molecule has 2 rings (SSSR count). The van der Waals surface area contributed by atoms with Crippen LogP contribution in [0.3, 0.4) is 0 Å². The second-order valence-electron chi connectivity index (χ2n) is 3.72. The molecule has 0 spiro atoms. The molecule has 94 valence electrons. The second kappa shape index (κ2) is 6.58. The smallest absolute Gasteiger partial charge is 0.253 e. The molecule has 19 heavy (non-hydrogen) atoms. The van der Waals surface area contributed by atoms with Gasteiger partial charge in [0.05, 0.1) is 12.1 Å². The predicted octanol–water partition coefficient (Wildman–Crippen LogP) is 2.52. The molecule has 0 aliphatic heterocycles. The van der Waals surface area contributed by atoms with Gasteiger partial charge in [-0.2, -0.15) is 0 Å². The van der Waals surface area contributed by atoms with E-state index in [2.05, 4.69) is 22.1 Å². The number of amides is 1. The lowest BCUT2D eigenvalue weighted by Crippen LogP contribution is -2.23. The number of hydrogen-bond donors (Lipinski definition) is 1. The zero-order chi connectivity index (χ0) is 13.5. The minimum absolute atomic E-state index is 0.216. The van der Waals surface area contributed by atoms with Gasteiger partial charge >= 0.3 is 0 Å². The van der Waals surface area contributed by atoms with Crippen molar-refractivity contribution in [1.82, 2.24) is 10.3 Å². The Hall–Kier alpha value is -2.31. The number of rotatable bonds is 2. The molecule has 0 saturated heterocycles. The van der Waals surface area contributed by atoms with Crippen LogP contribution in [0, 0.1) is 11.8 Å². The SMILES string of the molecule is O=C(NCC#Cc1ccccc1)c1ccc(Cl)nc1. The number of carbonyl (C=O) groups is 1. The van der Waals surface area contributed by atoms with E-state index in [-0.39, 0.29) is 12.5 Å². The van der Waals surface area contributed by atoms with Crippen molar-refractivity contribution < 1.29 is 4.79 Å². The normalized spacial score (nSPS) is 9.32. The lowest BCUT2D eigenvalue weighted by atomic mass is 10.2. The molecule has 0 atom stereocenters. The predicted molar refractivity (Wildman–Crippen MR) is 74.9 cm³/mol. The van der Waals surface area contributed by atoms with Crippen LogP contribution in [0.5, 0.6) is 0 Å². The highest BCUT2D eigenvalue weighted by molar-refractivity contribution is 6.29. The monoisotopic (exact) mass is 270 g/mol. The largest absolute Gasteiger partial charge is 0.341 e. The van der Waals surface area contributed by atoms with Crippen LogP contribution in [0.1, 0.15) is 15.9 Å². The Labute approximate surface area is 116 Å². The van der Waals surface area contributed by atoms with E-state index < -0.39 is 0 Å². The second-order valence-corrected chi connectivity index (χ2v) is 4.11. The average Bonchev–Trinajstić information content (AvgIpc) is 2.45. The minimum Gasteiger partial charge on any atom is -0.341 e. The van der Waals surface area contributed by atoms with Crippen molar-refractivity contribution in [2.75, 3.05) is 6.54 Å². The van der Waals surface area contributed by atoms with Gasteiger partial charge < -0.3 is 5.32 Å². The molecule has 1 aromatic carbocycles. The molecular formula is C15H11ClN2O. The van der Waals surface area contributed by atoms with E-state index in [9.17, 15) is 4.79 Å². The summed E-state index contributed by atoms with van der Waals surface area (Å²) >= 11 is 5.65. The van der Waals surface area contributed by atoms with E-state index >= 15 is 0 Å².